The van der Waals surface area contributed by atoms with E-state index in [1.807, 2.05) is 0 Å². The van der Waals surface area contributed by atoms with Crippen LogP contribution >= 0.6 is 0 Å². The molecule has 0 aliphatic heterocycles. The number of aliphatic hydroxyl groups is 1. The number of aliphatic hydroxyl groups excluding tert-OH is 1. The van der Waals surface area contributed by atoms with Gasteiger partial charge in [0.05, 0.1) is 13.2 Å². The third-order valence-electron chi connectivity index (χ3n) is 11.1. The number of esters is 1. The van der Waals surface area contributed by atoms with Gasteiger partial charge in [-0.2, -0.15) is 0 Å². The van der Waals surface area contributed by atoms with E-state index in [-0.39, 0.29) is 12.1 Å². The molecule has 4 aliphatic rings. The van der Waals surface area contributed by atoms with Crippen LogP contribution in [0.2, 0.25) is 0 Å². The number of fused-ring (bicyclic) bond motifs is 5. The van der Waals surface area contributed by atoms with Crippen molar-refractivity contribution in [3.05, 3.63) is 0 Å². The highest BCUT2D eigenvalue weighted by Gasteiger charge is 2.62. The molecular weight excluding hydrogens is 400 g/mol. The van der Waals surface area contributed by atoms with E-state index < -0.39 is 0 Å². The lowest BCUT2D eigenvalue weighted by Crippen LogP contribution is -2.59. The molecule has 0 radical (unpaired) electrons. The predicted octanol–water partition coefficient (Wildman–Crippen LogP) is 4.12. The number of hydrogen-bond donors (Lipinski definition) is 3. The van der Waals surface area contributed by atoms with E-state index in [1.54, 1.807) is 0 Å². The maximum atomic E-state index is 11.7. The van der Waals surface area contributed by atoms with Gasteiger partial charge in [-0.15, -0.1) is 0 Å². The monoisotopic (exact) mass is 448 g/mol. The summed E-state index contributed by atoms with van der Waals surface area (Å²) in [7, 11) is 1.49. The van der Waals surface area contributed by atoms with Gasteiger partial charge in [0.25, 0.3) is 0 Å². The summed E-state index contributed by atoms with van der Waals surface area (Å²) in [6.45, 7) is 9.03. The van der Waals surface area contributed by atoms with Crippen molar-refractivity contribution in [1.29, 1.82) is 0 Å². The third kappa shape index (κ3) is 4.15. The molecule has 4 unspecified atom stereocenters. The summed E-state index contributed by atoms with van der Waals surface area (Å²) in [6.07, 6.45) is 11.1. The molecule has 0 amide bonds. The van der Waals surface area contributed by atoms with Crippen molar-refractivity contribution in [2.75, 3.05) is 20.2 Å². The molecule has 4 N–H and O–H groups in total. The second kappa shape index (κ2) is 9.54. The molecule has 4 fully saturated rings. The van der Waals surface area contributed by atoms with E-state index in [4.69, 9.17) is 10.5 Å². The highest BCUT2D eigenvalue weighted by atomic mass is 16.5. The van der Waals surface area contributed by atoms with E-state index >= 15 is 0 Å². The summed E-state index contributed by atoms with van der Waals surface area (Å²) in [5.41, 5.74) is 6.40. The Kier molecular flexibility index (Phi) is 7.30. The fourth-order valence-electron chi connectivity index (χ4n) is 9.32. The minimum Gasteiger partial charge on any atom is -0.469 e. The van der Waals surface area contributed by atoms with Gasteiger partial charge in [0.2, 0.25) is 0 Å². The van der Waals surface area contributed by atoms with Gasteiger partial charge in [0, 0.05) is 25.6 Å². The van der Waals surface area contributed by atoms with Crippen molar-refractivity contribution >= 4 is 5.97 Å². The smallest absolute Gasteiger partial charge is 0.305 e. The van der Waals surface area contributed by atoms with Gasteiger partial charge >= 0.3 is 5.97 Å². The van der Waals surface area contributed by atoms with Crippen molar-refractivity contribution in [3.8, 4) is 0 Å². The van der Waals surface area contributed by atoms with Crippen LogP contribution in [-0.2, 0) is 9.53 Å². The summed E-state index contributed by atoms with van der Waals surface area (Å²) >= 11 is 0. The van der Waals surface area contributed by atoms with E-state index in [0.29, 0.717) is 65.3 Å². The Labute approximate surface area is 195 Å². The quantitative estimate of drug-likeness (QED) is 0.510. The molecule has 5 nitrogen and oxygen atoms in total. The van der Waals surface area contributed by atoms with E-state index in [1.165, 1.54) is 52.1 Å². The molecule has 0 spiro atoms. The molecule has 0 aromatic heterocycles. The van der Waals surface area contributed by atoms with Gasteiger partial charge < -0.3 is 20.9 Å². The van der Waals surface area contributed by atoms with Crippen LogP contribution in [0.1, 0.15) is 85.0 Å². The number of hydrogen-bond acceptors (Lipinski definition) is 5. The zero-order valence-electron chi connectivity index (χ0n) is 20.9. The predicted molar refractivity (Wildman–Crippen MR) is 128 cm³/mol. The van der Waals surface area contributed by atoms with Crippen LogP contribution in [0.3, 0.4) is 0 Å². The van der Waals surface area contributed by atoms with Crippen molar-refractivity contribution < 1.29 is 14.6 Å². The number of ether oxygens (including phenoxy) is 1. The van der Waals surface area contributed by atoms with Crippen molar-refractivity contribution in [2.24, 2.45) is 52.1 Å². The Morgan fingerprint density at radius 3 is 2.56 bits per heavy atom. The molecule has 0 aromatic carbocycles. The first kappa shape index (κ1) is 24.5. The van der Waals surface area contributed by atoms with Gasteiger partial charge in [-0.1, -0.05) is 20.8 Å². The fourth-order valence-corrected chi connectivity index (χ4v) is 9.32. The first-order valence-corrected chi connectivity index (χ1v) is 13.4. The molecule has 0 bridgehead atoms. The summed E-state index contributed by atoms with van der Waals surface area (Å²) < 4.78 is 4.89. The molecule has 32 heavy (non-hydrogen) atoms. The Bertz CT molecular complexity index is 671. The molecular formula is C27H48N2O3. The Morgan fingerprint density at radius 1 is 1.12 bits per heavy atom. The maximum Gasteiger partial charge on any atom is 0.305 e. The van der Waals surface area contributed by atoms with Crippen LogP contribution < -0.4 is 11.1 Å². The molecule has 0 saturated heterocycles. The molecule has 184 valence electrons. The normalized spacial score (nSPS) is 46.6. The number of carbonyl (C=O) groups excluding carboxylic acids is 1. The lowest BCUT2D eigenvalue weighted by molar-refractivity contribution is -0.167. The maximum absolute atomic E-state index is 11.7. The Balaban J connectivity index is 1.48. The minimum atomic E-state index is -0.153. The van der Waals surface area contributed by atoms with E-state index in [0.717, 1.165) is 19.4 Å². The topological polar surface area (TPSA) is 84.6 Å². The number of nitrogens with two attached hydrogens (primary N) is 1. The van der Waals surface area contributed by atoms with Crippen LogP contribution in [0.5, 0.6) is 0 Å². The van der Waals surface area contributed by atoms with Crippen LogP contribution in [0.25, 0.3) is 0 Å². The summed E-state index contributed by atoms with van der Waals surface area (Å²) in [4.78, 5) is 11.7. The number of nitrogens with one attached hydrogen (secondary N) is 1. The molecule has 0 aromatic rings. The lowest BCUT2D eigenvalue weighted by atomic mass is 9.43. The first-order chi connectivity index (χ1) is 15.2. The highest BCUT2D eigenvalue weighted by Crippen LogP contribution is 2.68. The van der Waals surface area contributed by atoms with Gasteiger partial charge in [-0.05, 0) is 104 Å². The zero-order chi connectivity index (χ0) is 23.1. The fraction of sp³-hybridized carbons (Fsp3) is 0.963. The van der Waals surface area contributed by atoms with Crippen LogP contribution in [0.4, 0.5) is 0 Å². The second-order valence-electron chi connectivity index (χ2n) is 12.3. The van der Waals surface area contributed by atoms with Crippen LogP contribution in [0, 0.1) is 46.3 Å². The van der Waals surface area contributed by atoms with Crippen molar-refractivity contribution in [3.63, 3.8) is 0 Å². The SMILES string of the molecule is COC(=O)CC[C@H](C)[C@H]1CCC2C3C(O)C[C@@H]4C[C@@H](NCCN)CC[C@]4(C)C3CC[C@@]21C. The van der Waals surface area contributed by atoms with E-state index in [2.05, 4.69) is 26.1 Å². The number of rotatable bonds is 7. The Hall–Kier alpha value is -0.650. The molecule has 5 heteroatoms. The average molecular weight is 449 g/mol. The second-order valence-corrected chi connectivity index (χ2v) is 12.3. The van der Waals surface area contributed by atoms with Gasteiger partial charge in [-0.25, -0.2) is 0 Å². The average Bonchev–Trinajstić information content (AvgIpc) is 3.13. The van der Waals surface area contributed by atoms with Crippen LogP contribution in [-0.4, -0.2) is 43.4 Å². The molecule has 4 rings (SSSR count). The number of methoxy groups -OCH3 is 1. The highest BCUT2D eigenvalue weighted by molar-refractivity contribution is 5.69. The largest absolute Gasteiger partial charge is 0.469 e. The van der Waals surface area contributed by atoms with Crippen LogP contribution in [0.15, 0.2) is 0 Å². The summed E-state index contributed by atoms with van der Waals surface area (Å²) in [6, 6.07) is 0.570. The summed E-state index contributed by atoms with van der Waals surface area (Å²) in [5.74, 6) is 3.49. The summed E-state index contributed by atoms with van der Waals surface area (Å²) in [5, 5.41) is 15.2. The molecule has 4 saturated carbocycles. The molecule has 4 aliphatic carbocycles. The van der Waals surface area contributed by atoms with E-state index in [9.17, 15) is 9.90 Å². The van der Waals surface area contributed by atoms with Gasteiger partial charge in [-0.3, -0.25) is 4.79 Å². The van der Waals surface area contributed by atoms with Crippen molar-refractivity contribution in [2.45, 2.75) is 97.1 Å². The minimum absolute atomic E-state index is 0.0847. The first-order valence-electron chi connectivity index (χ1n) is 13.4. The zero-order valence-corrected chi connectivity index (χ0v) is 20.9. The lowest BCUT2D eigenvalue weighted by Gasteiger charge is -2.62. The molecule has 10 atom stereocenters. The number of carbonyl (C=O) groups is 1. The van der Waals surface area contributed by atoms with Gasteiger partial charge in [0.15, 0.2) is 0 Å². The molecule has 0 heterocycles. The standard InChI is InChI=1S/C27H48N2O3/c1-17(5-8-24(31)32-4)20-6-7-21-25-22(10-12-27(20,21)3)26(2)11-9-19(29-14-13-28)15-18(26)16-23(25)30/h17-23,25,29-30H,5-16,28H2,1-4H3/t17-,18-,19-,20+,21?,22?,23?,25?,26-,27+/m0/s1. The van der Waals surface area contributed by atoms with Crippen molar-refractivity contribution in [1.82, 2.24) is 5.32 Å². The third-order valence-corrected chi connectivity index (χ3v) is 11.1. The van der Waals surface area contributed by atoms with Gasteiger partial charge in [0.1, 0.15) is 0 Å². The Morgan fingerprint density at radius 2 is 1.84 bits per heavy atom.